The molecule has 1 rings (SSSR count). The van der Waals surface area contributed by atoms with E-state index in [0.29, 0.717) is 5.56 Å². The normalized spacial score (nSPS) is 9.09. The third-order valence-corrected chi connectivity index (χ3v) is 1.70. The first-order valence-electron chi connectivity index (χ1n) is 3.11. The summed E-state index contributed by atoms with van der Waals surface area (Å²) in [5.74, 6) is -0.550. The summed E-state index contributed by atoms with van der Waals surface area (Å²) in [4.78, 5) is 10.8. The maximum Gasteiger partial charge on any atom is 0.260 e. The highest BCUT2D eigenvalue weighted by atomic mass is 32.1. The highest BCUT2D eigenvalue weighted by Gasteiger charge is 2.04. The van der Waals surface area contributed by atoms with Crippen LogP contribution in [-0.2, 0) is 4.79 Å². The Kier molecular flexibility index (Phi) is 2.33. The van der Waals surface area contributed by atoms with Crippen molar-refractivity contribution in [3.05, 3.63) is 35.9 Å². The van der Waals surface area contributed by atoms with E-state index in [1.54, 1.807) is 12.1 Å². The summed E-state index contributed by atoms with van der Waals surface area (Å²) in [6.45, 7) is 0. The van der Waals surface area contributed by atoms with Gasteiger partial charge in [0.1, 0.15) is 4.86 Å². The van der Waals surface area contributed by atoms with E-state index in [1.165, 1.54) is 0 Å². The van der Waals surface area contributed by atoms with Crippen LogP contribution in [-0.4, -0.2) is 10.8 Å². The van der Waals surface area contributed by atoms with Gasteiger partial charge >= 0.3 is 0 Å². The number of rotatable bonds is 2. The number of primary amides is 1. The number of hydrogen-bond donors (Lipinski definition) is 1. The van der Waals surface area contributed by atoms with E-state index in [2.05, 4.69) is 0 Å². The molecule has 0 atom stereocenters. The van der Waals surface area contributed by atoms with Crippen LogP contribution in [0, 0.1) is 0 Å². The Labute approximate surface area is 70.0 Å². The average Bonchev–Trinajstić information content (AvgIpc) is 2.05. The van der Waals surface area contributed by atoms with E-state index in [9.17, 15) is 4.79 Å². The van der Waals surface area contributed by atoms with Gasteiger partial charge in [0.25, 0.3) is 5.91 Å². The average molecular weight is 165 g/mol. The molecule has 1 amide bonds. The summed E-state index contributed by atoms with van der Waals surface area (Å²) in [5.41, 5.74) is 5.69. The molecule has 0 aromatic heterocycles. The van der Waals surface area contributed by atoms with Crippen molar-refractivity contribution < 1.29 is 4.79 Å². The summed E-state index contributed by atoms with van der Waals surface area (Å²) < 4.78 is 0. The molecular formula is C8H7NOS. The number of carbonyl (C=O) groups is 1. The van der Waals surface area contributed by atoms with Crippen molar-refractivity contribution in [3.8, 4) is 0 Å². The fourth-order valence-corrected chi connectivity index (χ4v) is 0.868. The molecular weight excluding hydrogens is 158 g/mol. The van der Waals surface area contributed by atoms with Gasteiger partial charge in [-0.1, -0.05) is 42.5 Å². The summed E-state index contributed by atoms with van der Waals surface area (Å²) in [5, 5.41) is 0. The quantitative estimate of drug-likeness (QED) is 0.522. The summed E-state index contributed by atoms with van der Waals surface area (Å²) in [6.07, 6.45) is 0. The molecule has 1 aromatic carbocycles. The smallest absolute Gasteiger partial charge is 0.260 e. The Morgan fingerprint density at radius 2 is 1.82 bits per heavy atom. The molecule has 0 heterocycles. The Balaban J connectivity index is 2.95. The van der Waals surface area contributed by atoms with Gasteiger partial charge in [-0.25, -0.2) is 0 Å². The van der Waals surface area contributed by atoms with Crippen LogP contribution in [0.2, 0.25) is 0 Å². The molecule has 0 aliphatic rings. The maximum absolute atomic E-state index is 10.6. The summed E-state index contributed by atoms with van der Waals surface area (Å²) in [6, 6.07) is 8.99. The topological polar surface area (TPSA) is 43.1 Å². The number of thiocarbonyl (C=S) groups is 1. The number of amides is 1. The standard InChI is InChI=1S/C8H7NOS/c9-8(10)7(11)6-4-2-1-3-5-6/h1-5H,(H2,9,10). The number of benzene rings is 1. The van der Waals surface area contributed by atoms with E-state index in [1.807, 2.05) is 18.2 Å². The zero-order chi connectivity index (χ0) is 8.27. The molecule has 0 bridgehead atoms. The van der Waals surface area contributed by atoms with Crippen molar-refractivity contribution in [2.75, 3.05) is 0 Å². The van der Waals surface area contributed by atoms with Crippen LogP contribution < -0.4 is 5.73 Å². The van der Waals surface area contributed by atoms with E-state index in [-0.39, 0.29) is 4.86 Å². The van der Waals surface area contributed by atoms with Crippen LogP contribution in [0.3, 0.4) is 0 Å². The molecule has 2 nitrogen and oxygen atoms in total. The fraction of sp³-hybridized carbons (Fsp3) is 0. The van der Waals surface area contributed by atoms with Crippen LogP contribution in [0.4, 0.5) is 0 Å². The van der Waals surface area contributed by atoms with Crippen LogP contribution >= 0.6 is 12.2 Å². The Hall–Kier alpha value is -1.22. The van der Waals surface area contributed by atoms with Crippen molar-refractivity contribution in [2.24, 2.45) is 5.73 Å². The predicted octanol–water partition coefficient (Wildman–Crippen LogP) is 0.890. The molecule has 1 aromatic rings. The van der Waals surface area contributed by atoms with Gasteiger partial charge in [0, 0.05) is 0 Å². The van der Waals surface area contributed by atoms with Gasteiger partial charge in [0.15, 0.2) is 0 Å². The van der Waals surface area contributed by atoms with E-state index in [4.69, 9.17) is 18.0 Å². The second-order valence-corrected chi connectivity index (χ2v) is 2.47. The minimum atomic E-state index is -0.550. The van der Waals surface area contributed by atoms with Crippen molar-refractivity contribution in [2.45, 2.75) is 0 Å². The molecule has 56 valence electrons. The molecule has 11 heavy (non-hydrogen) atoms. The largest absolute Gasteiger partial charge is 0.365 e. The minimum absolute atomic E-state index is 0.186. The van der Waals surface area contributed by atoms with Gasteiger partial charge in [0.05, 0.1) is 0 Å². The van der Waals surface area contributed by atoms with Gasteiger partial charge in [-0.05, 0) is 5.56 Å². The molecule has 0 saturated heterocycles. The highest BCUT2D eigenvalue weighted by molar-refractivity contribution is 7.82. The van der Waals surface area contributed by atoms with Gasteiger partial charge in [0.2, 0.25) is 0 Å². The molecule has 0 saturated carbocycles. The molecule has 0 fully saturated rings. The molecule has 2 N–H and O–H groups in total. The third-order valence-electron chi connectivity index (χ3n) is 1.26. The van der Waals surface area contributed by atoms with Crippen LogP contribution in [0.1, 0.15) is 5.56 Å². The summed E-state index contributed by atoms with van der Waals surface area (Å²) in [7, 11) is 0. The Bertz CT molecular complexity index is 281. The molecule has 0 radical (unpaired) electrons. The first-order chi connectivity index (χ1) is 5.22. The molecule has 0 aliphatic carbocycles. The zero-order valence-electron chi connectivity index (χ0n) is 5.78. The maximum atomic E-state index is 10.6. The van der Waals surface area contributed by atoms with Gasteiger partial charge in [-0.3, -0.25) is 4.79 Å². The van der Waals surface area contributed by atoms with Crippen molar-refractivity contribution in [1.29, 1.82) is 0 Å². The van der Waals surface area contributed by atoms with Gasteiger partial charge < -0.3 is 5.73 Å². The van der Waals surface area contributed by atoms with Crippen molar-refractivity contribution in [1.82, 2.24) is 0 Å². The Morgan fingerprint density at radius 1 is 1.27 bits per heavy atom. The van der Waals surface area contributed by atoms with E-state index in [0.717, 1.165) is 0 Å². The minimum Gasteiger partial charge on any atom is -0.365 e. The first kappa shape index (κ1) is 7.88. The van der Waals surface area contributed by atoms with Crippen LogP contribution in [0.15, 0.2) is 30.3 Å². The number of nitrogens with two attached hydrogens (primary N) is 1. The van der Waals surface area contributed by atoms with Gasteiger partial charge in [-0.15, -0.1) is 0 Å². The van der Waals surface area contributed by atoms with Crippen molar-refractivity contribution in [3.63, 3.8) is 0 Å². The van der Waals surface area contributed by atoms with E-state index >= 15 is 0 Å². The molecule has 0 aliphatic heterocycles. The second kappa shape index (κ2) is 3.25. The van der Waals surface area contributed by atoms with Crippen molar-refractivity contribution >= 4 is 23.0 Å². The summed E-state index contributed by atoms with van der Waals surface area (Å²) >= 11 is 4.77. The van der Waals surface area contributed by atoms with Crippen LogP contribution in [0.5, 0.6) is 0 Å². The second-order valence-electron chi connectivity index (χ2n) is 2.06. The first-order valence-corrected chi connectivity index (χ1v) is 3.52. The molecule has 0 unspecified atom stereocenters. The zero-order valence-corrected chi connectivity index (χ0v) is 6.60. The third kappa shape index (κ3) is 1.85. The molecule has 0 spiro atoms. The molecule has 3 heteroatoms. The van der Waals surface area contributed by atoms with Crippen LogP contribution in [0.25, 0.3) is 0 Å². The SMILES string of the molecule is NC(=O)C(=S)c1ccccc1. The predicted molar refractivity (Wildman–Crippen MR) is 47.3 cm³/mol. The Morgan fingerprint density at radius 3 is 2.27 bits per heavy atom. The lowest BCUT2D eigenvalue weighted by atomic mass is 10.1. The lowest BCUT2D eigenvalue weighted by Crippen LogP contribution is -2.21. The lowest BCUT2D eigenvalue weighted by molar-refractivity contribution is -0.111. The van der Waals surface area contributed by atoms with Gasteiger partial charge in [-0.2, -0.15) is 0 Å². The number of hydrogen-bond acceptors (Lipinski definition) is 2. The highest BCUT2D eigenvalue weighted by Crippen LogP contribution is 1.99. The number of carbonyl (C=O) groups excluding carboxylic acids is 1. The van der Waals surface area contributed by atoms with E-state index < -0.39 is 5.91 Å². The monoisotopic (exact) mass is 165 g/mol. The fourth-order valence-electron chi connectivity index (χ4n) is 0.732. The lowest BCUT2D eigenvalue weighted by Gasteiger charge is -1.96.